The first-order chi connectivity index (χ1) is 8.56. The summed E-state index contributed by atoms with van der Waals surface area (Å²) in [6.07, 6.45) is 6.37. The summed E-state index contributed by atoms with van der Waals surface area (Å²) in [7, 11) is 1.76. The molecule has 0 saturated carbocycles. The van der Waals surface area contributed by atoms with Crippen molar-refractivity contribution in [2.24, 2.45) is 7.05 Å². The van der Waals surface area contributed by atoms with Gasteiger partial charge in [-0.15, -0.1) is 0 Å². The van der Waals surface area contributed by atoms with E-state index in [9.17, 15) is 9.90 Å². The van der Waals surface area contributed by atoms with Crippen LogP contribution in [-0.4, -0.2) is 20.7 Å². The Kier molecular flexibility index (Phi) is 3.62. The van der Waals surface area contributed by atoms with Crippen molar-refractivity contribution < 1.29 is 9.90 Å². The minimum atomic E-state index is -0.104. The molecule has 0 aliphatic carbocycles. The molecule has 0 aliphatic heterocycles. The molecule has 92 valence electrons. The van der Waals surface area contributed by atoms with E-state index in [4.69, 9.17) is 0 Å². The molecule has 0 radical (unpaired) electrons. The predicted molar refractivity (Wildman–Crippen MR) is 72.4 cm³/mol. The number of aromatic hydroxyl groups is 1. The summed E-state index contributed by atoms with van der Waals surface area (Å²) in [5, 5.41) is 13.3. The topological polar surface area (TPSA) is 55.1 Å². The van der Waals surface area contributed by atoms with E-state index in [0.29, 0.717) is 10.0 Å². The van der Waals surface area contributed by atoms with Crippen LogP contribution in [-0.2, 0) is 7.05 Å². The lowest BCUT2D eigenvalue weighted by atomic mass is 10.1. The number of benzene rings is 1. The molecule has 0 amide bonds. The molecule has 1 N–H and O–H groups in total. The Morgan fingerprint density at radius 3 is 2.89 bits per heavy atom. The molecule has 0 aliphatic rings. The predicted octanol–water partition coefficient (Wildman–Crippen LogP) is 2.78. The average molecular weight is 307 g/mol. The zero-order valence-electron chi connectivity index (χ0n) is 9.67. The van der Waals surface area contributed by atoms with E-state index in [2.05, 4.69) is 21.0 Å². The normalized spacial score (nSPS) is 11.0. The molecule has 0 fully saturated rings. The molecule has 0 saturated heterocycles. The molecule has 1 heterocycles. The zero-order chi connectivity index (χ0) is 13.1. The number of hydrogen-bond acceptors (Lipinski definition) is 3. The van der Waals surface area contributed by atoms with Crippen LogP contribution in [0.4, 0.5) is 0 Å². The highest BCUT2D eigenvalue weighted by Gasteiger charge is 2.04. The van der Waals surface area contributed by atoms with Crippen LogP contribution in [0, 0.1) is 0 Å². The molecule has 1 aromatic carbocycles. The second kappa shape index (κ2) is 5.18. The van der Waals surface area contributed by atoms with E-state index in [-0.39, 0.29) is 11.5 Å². The Morgan fingerprint density at radius 1 is 1.50 bits per heavy atom. The lowest BCUT2D eigenvalue weighted by Gasteiger charge is -1.97. The fourth-order valence-electron chi connectivity index (χ4n) is 1.44. The van der Waals surface area contributed by atoms with Crippen molar-refractivity contribution in [1.29, 1.82) is 0 Å². The van der Waals surface area contributed by atoms with Crippen molar-refractivity contribution in [2.75, 3.05) is 0 Å². The van der Waals surface area contributed by atoms with Gasteiger partial charge in [-0.05, 0) is 39.7 Å². The molecule has 0 bridgehead atoms. The van der Waals surface area contributed by atoms with Crippen molar-refractivity contribution in [2.45, 2.75) is 0 Å². The fourth-order valence-corrected chi connectivity index (χ4v) is 1.84. The van der Waals surface area contributed by atoms with Crippen molar-refractivity contribution in [3.63, 3.8) is 0 Å². The molecule has 0 spiro atoms. The van der Waals surface area contributed by atoms with Gasteiger partial charge >= 0.3 is 0 Å². The summed E-state index contributed by atoms with van der Waals surface area (Å²) in [5.74, 6) is 0.0676. The summed E-state index contributed by atoms with van der Waals surface area (Å²) in [5.41, 5.74) is 1.38. The van der Waals surface area contributed by atoms with Gasteiger partial charge in [0.15, 0.2) is 5.78 Å². The van der Waals surface area contributed by atoms with E-state index >= 15 is 0 Å². The number of halogens is 1. The molecule has 2 aromatic rings. The monoisotopic (exact) mass is 306 g/mol. The molecule has 1 aromatic heterocycles. The van der Waals surface area contributed by atoms with Gasteiger partial charge in [-0.25, -0.2) is 0 Å². The average Bonchev–Trinajstić information content (AvgIpc) is 2.77. The fraction of sp³-hybridized carbons (Fsp3) is 0.0769. The van der Waals surface area contributed by atoms with Crippen molar-refractivity contribution in [3.05, 3.63) is 52.3 Å². The molecule has 2 rings (SSSR count). The van der Waals surface area contributed by atoms with E-state index < -0.39 is 0 Å². The van der Waals surface area contributed by atoms with Gasteiger partial charge in [-0.3, -0.25) is 9.48 Å². The first-order valence-electron chi connectivity index (χ1n) is 5.26. The van der Waals surface area contributed by atoms with Gasteiger partial charge < -0.3 is 5.11 Å². The van der Waals surface area contributed by atoms with Crippen LogP contribution in [0.5, 0.6) is 5.75 Å². The van der Waals surface area contributed by atoms with Crippen LogP contribution in [0.3, 0.4) is 0 Å². The molecular formula is C13H11BrN2O2. The third-order valence-electron chi connectivity index (χ3n) is 2.39. The van der Waals surface area contributed by atoms with Crippen LogP contribution in [0.1, 0.15) is 15.9 Å². The number of nitrogens with zero attached hydrogens (tertiary/aromatic N) is 2. The highest BCUT2D eigenvalue weighted by molar-refractivity contribution is 9.10. The van der Waals surface area contributed by atoms with Crippen molar-refractivity contribution in [1.82, 2.24) is 9.78 Å². The second-order valence-corrected chi connectivity index (χ2v) is 4.67. The Bertz CT molecular complexity index is 617. The standard InChI is InChI=1S/C13H11BrN2O2/c1-16-8-10(7-15-16)12(17)4-2-9-3-5-13(18)11(14)6-9/h2-8,18H,1H3. The lowest BCUT2D eigenvalue weighted by Crippen LogP contribution is -1.91. The van der Waals surface area contributed by atoms with Crippen LogP contribution in [0.2, 0.25) is 0 Å². The highest BCUT2D eigenvalue weighted by atomic mass is 79.9. The number of hydrogen-bond donors (Lipinski definition) is 1. The third kappa shape index (κ3) is 2.87. The summed E-state index contributed by atoms with van der Waals surface area (Å²) >= 11 is 3.22. The number of ketones is 1. The van der Waals surface area contributed by atoms with Crippen molar-refractivity contribution in [3.8, 4) is 5.75 Å². The smallest absolute Gasteiger partial charge is 0.189 e. The number of phenols is 1. The molecule has 5 heteroatoms. The first-order valence-corrected chi connectivity index (χ1v) is 6.05. The Hall–Kier alpha value is -1.88. The maximum Gasteiger partial charge on any atom is 0.189 e. The van der Waals surface area contributed by atoms with Gasteiger partial charge in [0.25, 0.3) is 0 Å². The van der Waals surface area contributed by atoms with Gasteiger partial charge in [-0.2, -0.15) is 5.10 Å². The highest BCUT2D eigenvalue weighted by Crippen LogP contribution is 2.24. The van der Waals surface area contributed by atoms with Crippen LogP contribution in [0.15, 0.2) is 41.1 Å². The summed E-state index contributed by atoms with van der Waals surface area (Å²) in [6.45, 7) is 0. The molecular weight excluding hydrogens is 296 g/mol. The van der Waals surface area contributed by atoms with Crippen molar-refractivity contribution >= 4 is 27.8 Å². The number of phenolic OH excluding ortho intramolecular Hbond substituents is 1. The maximum atomic E-state index is 11.8. The van der Waals surface area contributed by atoms with Crippen LogP contribution >= 0.6 is 15.9 Å². The van der Waals surface area contributed by atoms with E-state index in [1.165, 1.54) is 12.3 Å². The quantitative estimate of drug-likeness (QED) is 0.701. The van der Waals surface area contributed by atoms with E-state index in [1.54, 1.807) is 42.2 Å². The molecule has 0 atom stereocenters. The lowest BCUT2D eigenvalue weighted by molar-refractivity contribution is 0.104. The van der Waals surface area contributed by atoms with Gasteiger partial charge in [0, 0.05) is 13.2 Å². The van der Waals surface area contributed by atoms with Gasteiger partial charge in [-0.1, -0.05) is 12.1 Å². The number of aryl methyl sites for hydroxylation is 1. The molecule has 4 nitrogen and oxygen atoms in total. The maximum absolute atomic E-state index is 11.8. The van der Waals surface area contributed by atoms with E-state index in [1.807, 2.05) is 0 Å². The zero-order valence-corrected chi connectivity index (χ0v) is 11.3. The minimum absolute atomic E-state index is 0.104. The molecule has 18 heavy (non-hydrogen) atoms. The number of aromatic nitrogens is 2. The van der Waals surface area contributed by atoms with E-state index in [0.717, 1.165) is 5.56 Å². The summed E-state index contributed by atoms with van der Waals surface area (Å²) in [4.78, 5) is 11.8. The van der Waals surface area contributed by atoms with Crippen LogP contribution in [0.25, 0.3) is 6.08 Å². The van der Waals surface area contributed by atoms with Gasteiger partial charge in [0.1, 0.15) is 5.75 Å². The first kappa shape index (κ1) is 12.6. The number of rotatable bonds is 3. The third-order valence-corrected chi connectivity index (χ3v) is 3.02. The Labute approximate surface area is 113 Å². The van der Waals surface area contributed by atoms with Gasteiger partial charge in [0.05, 0.1) is 16.2 Å². The number of carbonyl (C=O) groups is 1. The SMILES string of the molecule is Cn1cc(C(=O)C=Cc2ccc(O)c(Br)c2)cn1. The Balaban J connectivity index is 2.15. The Morgan fingerprint density at radius 2 is 2.28 bits per heavy atom. The molecule has 0 unspecified atom stereocenters. The number of allylic oxidation sites excluding steroid dienone is 1. The number of carbonyl (C=O) groups excluding carboxylic acids is 1. The van der Waals surface area contributed by atoms with Gasteiger partial charge in [0.2, 0.25) is 0 Å². The summed E-state index contributed by atoms with van der Waals surface area (Å²) < 4.78 is 2.18. The largest absolute Gasteiger partial charge is 0.507 e. The summed E-state index contributed by atoms with van der Waals surface area (Å²) in [6, 6.07) is 5.04. The second-order valence-electron chi connectivity index (χ2n) is 3.81. The minimum Gasteiger partial charge on any atom is -0.507 e. The van der Waals surface area contributed by atoms with Crippen LogP contribution < -0.4 is 0 Å².